The van der Waals surface area contributed by atoms with Crippen molar-refractivity contribution in [1.29, 1.82) is 0 Å². The number of aliphatic hydroxyl groups is 1. The van der Waals surface area contributed by atoms with Crippen LogP contribution in [0.2, 0.25) is 5.02 Å². The first-order chi connectivity index (χ1) is 16.4. The number of hydrogen-bond acceptors (Lipinski definition) is 4. The van der Waals surface area contributed by atoms with Crippen molar-refractivity contribution >= 4 is 23.5 Å². The lowest BCUT2D eigenvalue weighted by Gasteiger charge is -2.21. The van der Waals surface area contributed by atoms with E-state index in [0.717, 1.165) is 16.7 Å². The molecule has 0 radical (unpaired) electrons. The van der Waals surface area contributed by atoms with Gasteiger partial charge in [-0.05, 0) is 40.8 Å². The van der Waals surface area contributed by atoms with Gasteiger partial charge in [-0.3, -0.25) is 9.89 Å². The quantitative estimate of drug-likeness (QED) is 0.305. The number of hydrogen-bond donors (Lipinski definition) is 4. The van der Waals surface area contributed by atoms with Crippen LogP contribution >= 0.6 is 11.6 Å². The third-order valence-electron chi connectivity index (χ3n) is 5.46. The third-order valence-corrected chi connectivity index (χ3v) is 5.83. The van der Waals surface area contributed by atoms with Gasteiger partial charge < -0.3 is 15.5 Å². The number of carbonyl (C=O) groups is 2. The molecule has 8 heteroatoms. The van der Waals surface area contributed by atoms with Crippen molar-refractivity contribution in [3.05, 3.63) is 101 Å². The molecular formula is C26H22ClN3O4. The summed E-state index contributed by atoms with van der Waals surface area (Å²) < 4.78 is 0. The number of aromatic nitrogens is 2. The van der Waals surface area contributed by atoms with Crippen LogP contribution in [-0.4, -0.2) is 44.4 Å². The number of rotatable bonds is 8. The first-order valence-corrected chi connectivity index (χ1v) is 11.0. The van der Waals surface area contributed by atoms with E-state index in [1.54, 1.807) is 30.3 Å². The van der Waals surface area contributed by atoms with Gasteiger partial charge >= 0.3 is 5.97 Å². The monoisotopic (exact) mass is 475 g/mol. The van der Waals surface area contributed by atoms with Crippen LogP contribution in [0.15, 0.2) is 84.9 Å². The number of aliphatic carboxylic acids is 1. The number of carbonyl (C=O) groups excluding carboxylic acids is 1. The maximum atomic E-state index is 12.8. The number of H-pyrrole nitrogens is 1. The van der Waals surface area contributed by atoms with Crippen molar-refractivity contribution in [3.63, 3.8) is 0 Å². The zero-order valence-electron chi connectivity index (χ0n) is 18.0. The van der Waals surface area contributed by atoms with E-state index in [9.17, 15) is 19.8 Å². The molecule has 2 atom stereocenters. The van der Waals surface area contributed by atoms with E-state index in [2.05, 4.69) is 15.5 Å². The molecule has 0 fully saturated rings. The van der Waals surface area contributed by atoms with Gasteiger partial charge in [-0.1, -0.05) is 84.4 Å². The van der Waals surface area contributed by atoms with Crippen LogP contribution in [0.1, 0.15) is 16.1 Å². The average molecular weight is 476 g/mol. The van der Waals surface area contributed by atoms with Crippen molar-refractivity contribution in [2.75, 3.05) is 0 Å². The minimum Gasteiger partial charge on any atom is -0.479 e. The van der Waals surface area contributed by atoms with E-state index in [-0.39, 0.29) is 12.1 Å². The van der Waals surface area contributed by atoms with E-state index >= 15 is 0 Å². The summed E-state index contributed by atoms with van der Waals surface area (Å²) in [6.45, 7) is 0. The number of amides is 1. The van der Waals surface area contributed by atoms with Gasteiger partial charge in [0, 0.05) is 5.02 Å². The van der Waals surface area contributed by atoms with Crippen molar-refractivity contribution in [1.82, 2.24) is 15.5 Å². The summed E-state index contributed by atoms with van der Waals surface area (Å²) in [7, 11) is 0. The van der Waals surface area contributed by atoms with Gasteiger partial charge in [-0.15, -0.1) is 0 Å². The molecule has 1 aromatic heterocycles. The Morgan fingerprint density at radius 3 is 2.21 bits per heavy atom. The smallest absolute Gasteiger partial charge is 0.334 e. The highest BCUT2D eigenvalue weighted by Crippen LogP contribution is 2.24. The van der Waals surface area contributed by atoms with Gasteiger partial charge in [-0.2, -0.15) is 5.10 Å². The number of halogens is 1. The molecule has 0 aliphatic heterocycles. The standard InChI is InChI=1S/C26H22ClN3O4/c27-20-9-5-4-8-19(20)14-22(24(31)26(33)34)28-25(32)23-15-21(29-30-23)18-12-10-17(11-13-18)16-6-2-1-3-7-16/h1-13,15,22,24,31H,14H2,(H,28,32)(H,29,30)(H,33,34)/t22-,24-/m1/s1. The second-order valence-corrected chi connectivity index (χ2v) is 8.18. The Morgan fingerprint density at radius 2 is 1.53 bits per heavy atom. The molecule has 0 saturated carbocycles. The average Bonchev–Trinajstić information content (AvgIpc) is 3.35. The van der Waals surface area contributed by atoms with Gasteiger partial charge in [0.25, 0.3) is 5.91 Å². The fraction of sp³-hybridized carbons (Fsp3) is 0.115. The van der Waals surface area contributed by atoms with Crippen LogP contribution in [0.5, 0.6) is 0 Å². The molecule has 0 spiro atoms. The van der Waals surface area contributed by atoms with E-state index in [1.165, 1.54) is 0 Å². The number of aromatic amines is 1. The Hall–Kier alpha value is -3.94. The lowest BCUT2D eigenvalue weighted by Crippen LogP contribution is -2.48. The SMILES string of the molecule is O=C(N[C@H](Cc1ccccc1Cl)[C@@H](O)C(=O)O)c1cc(-c2ccc(-c3ccccc3)cc2)[nH]n1. The van der Waals surface area contributed by atoms with Crippen molar-refractivity contribution in [2.24, 2.45) is 0 Å². The molecule has 0 saturated heterocycles. The Balaban J connectivity index is 1.50. The van der Waals surface area contributed by atoms with Crippen molar-refractivity contribution in [2.45, 2.75) is 18.6 Å². The lowest BCUT2D eigenvalue weighted by molar-refractivity contribution is -0.148. The fourth-order valence-electron chi connectivity index (χ4n) is 3.62. The Labute approximate surface area is 201 Å². The molecule has 4 aromatic rings. The molecule has 1 heterocycles. The number of nitrogens with one attached hydrogen (secondary N) is 2. The van der Waals surface area contributed by atoms with Crippen molar-refractivity contribution in [3.8, 4) is 22.4 Å². The summed E-state index contributed by atoms with van der Waals surface area (Å²) in [6, 6.07) is 25.1. The minimum atomic E-state index is -1.82. The van der Waals surface area contributed by atoms with E-state index in [1.807, 2.05) is 54.6 Å². The van der Waals surface area contributed by atoms with Gasteiger partial charge in [0.05, 0.1) is 11.7 Å². The third kappa shape index (κ3) is 5.33. The molecule has 172 valence electrons. The highest BCUT2D eigenvalue weighted by atomic mass is 35.5. The second-order valence-electron chi connectivity index (χ2n) is 7.77. The van der Waals surface area contributed by atoms with E-state index in [4.69, 9.17) is 11.6 Å². The van der Waals surface area contributed by atoms with Crippen LogP contribution in [0.3, 0.4) is 0 Å². The van der Waals surface area contributed by atoms with E-state index < -0.39 is 24.0 Å². The molecule has 0 unspecified atom stereocenters. The van der Waals surface area contributed by atoms with Gasteiger partial charge in [0.2, 0.25) is 0 Å². The first kappa shape index (κ1) is 23.2. The van der Waals surface area contributed by atoms with Crippen molar-refractivity contribution < 1.29 is 19.8 Å². The molecule has 0 aliphatic rings. The zero-order chi connectivity index (χ0) is 24.1. The topological polar surface area (TPSA) is 115 Å². The predicted octanol–water partition coefficient (Wildman–Crippen LogP) is 4.18. The molecule has 1 amide bonds. The normalized spacial score (nSPS) is 12.6. The van der Waals surface area contributed by atoms with Gasteiger partial charge in [0.1, 0.15) is 0 Å². The molecule has 0 aliphatic carbocycles. The number of benzene rings is 3. The fourth-order valence-corrected chi connectivity index (χ4v) is 3.83. The summed E-state index contributed by atoms with van der Waals surface area (Å²) in [5, 5.41) is 29.3. The number of nitrogens with zero attached hydrogens (tertiary/aromatic N) is 1. The summed E-state index contributed by atoms with van der Waals surface area (Å²) in [5.74, 6) is -2.06. The molecule has 7 nitrogen and oxygen atoms in total. The zero-order valence-corrected chi connectivity index (χ0v) is 18.7. The molecule has 3 aromatic carbocycles. The van der Waals surface area contributed by atoms with Gasteiger partial charge in [0.15, 0.2) is 11.8 Å². The maximum Gasteiger partial charge on any atom is 0.334 e. The van der Waals surface area contributed by atoms with Crippen LogP contribution in [0.25, 0.3) is 22.4 Å². The summed E-state index contributed by atoms with van der Waals surface area (Å²) in [4.78, 5) is 24.2. The lowest BCUT2D eigenvalue weighted by atomic mass is 10.0. The number of carboxylic acids is 1. The molecule has 4 rings (SSSR count). The summed E-state index contributed by atoms with van der Waals surface area (Å²) >= 11 is 6.17. The van der Waals surface area contributed by atoms with E-state index in [0.29, 0.717) is 16.3 Å². The minimum absolute atomic E-state index is 0.0388. The summed E-state index contributed by atoms with van der Waals surface area (Å²) in [5.41, 5.74) is 4.31. The Morgan fingerprint density at radius 1 is 0.912 bits per heavy atom. The number of aliphatic hydroxyl groups excluding tert-OH is 1. The molecular weight excluding hydrogens is 454 g/mol. The van der Waals surface area contributed by atoms with Crippen LogP contribution in [0.4, 0.5) is 0 Å². The highest BCUT2D eigenvalue weighted by molar-refractivity contribution is 6.31. The predicted molar refractivity (Wildman–Crippen MR) is 130 cm³/mol. The van der Waals surface area contributed by atoms with Crippen LogP contribution in [-0.2, 0) is 11.2 Å². The summed E-state index contributed by atoms with van der Waals surface area (Å²) in [6.07, 6.45) is -1.78. The van der Waals surface area contributed by atoms with Gasteiger partial charge in [-0.25, -0.2) is 4.79 Å². The molecule has 0 bridgehead atoms. The second kappa shape index (κ2) is 10.3. The first-order valence-electron chi connectivity index (χ1n) is 10.6. The number of carboxylic acid groups (broad SMARTS) is 1. The molecule has 34 heavy (non-hydrogen) atoms. The van der Waals surface area contributed by atoms with Crippen LogP contribution < -0.4 is 5.32 Å². The Kier molecular flexibility index (Phi) is 7.06. The highest BCUT2D eigenvalue weighted by Gasteiger charge is 2.29. The Bertz CT molecular complexity index is 1290. The molecule has 4 N–H and O–H groups in total. The largest absolute Gasteiger partial charge is 0.479 e. The van der Waals surface area contributed by atoms with Crippen LogP contribution in [0, 0.1) is 0 Å². The maximum absolute atomic E-state index is 12.8.